The zero-order valence-corrected chi connectivity index (χ0v) is 11.1. The van der Waals surface area contributed by atoms with Gasteiger partial charge in [-0.05, 0) is 75.2 Å². The van der Waals surface area contributed by atoms with Crippen LogP contribution in [0.25, 0.3) is 0 Å². The number of hydrogen-bond donors (Lipinski definition) is 1. The molecular formula is C16H27N. The van der Waals surface area contributed by atoms with E-state index in [9.17, 15) is 0 Å². The molecule has 5 aliphatic rings. The molecule has 0 unspecified atom stereocenters. The normalized spacial score (nSPS) is 48.4. The van der Waals surface area contributed by atoms with Crippen molar-refractivity contribution in [2.24, 2.45) is 23.7 Å². The van der Waals surface area contributed by atoms with Crippen molar-refractivity contribution in [2.45, 2.75) is 69.7 Å². The van der Waals surface area contributed by atoms with E-state index in [0.29, 0.717) is 5.54 Å². The van der Waals surface area contributed by atoms with E-state index in [1.807, 2.05) is 0 Å². The molecule has 96 valence electrons. The highest BCUT2D eigenvalue weighted by Crippen LogP contribution is 2.55. The molecule has 0 aromatic carbocycles. The first-order valence-corrected chi connectivity index (χ1v) is 8.06. The van der Waals surface area contributed by atoms with Crippen molar-refractivity contribution in [2.75, 3.05) is 6.54 Å². The van der Waals surface area contributed by atoms with Gasteiger partial charge < -0.3 is 5.32 Å². The van der Waals surface area contributed by atoms with Crippen molar-refractivity contribution in [1.29, 1.82) is 0 Å². The standard InChI is InChI=1S/C16H27N/c1-2-12(3-1)4-5-17-16-9-13-6-14(10-16)8-15(7-13)11-16/h12-15,17H,1-11H2. The third kappa shape index (κ3) is 1.95. The van der Waals surface area contributed by atoms with E-state index in [0.717, 1.165) is 23.7 Å². The Morgan fingerprint density at radius 1 is 0.882 bits per heavy atom. The quantitative estimate of drug-likeness (QED) is 0.780. The van der Waals surface area contributed by atoms with E-state index in [2.05, 4.69) is 5.32 Å². The summed E-state index contributed by atoms with van der Waals surface area (Å²) in [5.41, 5.74) is 0.610. The van der Waals surface area contributed by atoms with Crippen molar-refractivity contribution in [3.05, 3.63) is 0 Å². The minimum Gasteiger partial charge on any atom is -0.311 e. The Morgan fingerprint density at radius 2 is 1.47 bits per heavy atom. The molecule has 0 radical (unpaired) electrons. The summed E-state index contributed by atoms with van der Waals surface area (Å²) in [4.78, 5) is 0. The largest absolute Gasteiger partial charge is 0.311 e. The third-order valence-corrected chi connectivity index (χ3v) is 6.32. The van der Waals surface area contributed by atoms with Gasteiger partial charge in [0.25, 0.3) is 0 Å². The van der Waals surface area contributed by atoms with Crippen molar-refractivity contribution >= 4 is 0 Å². The molecule has 0 amide bonds. The van der Waals surface area contributed by atoms with Crippen LogP contribution in [0.1, 0.15) is 64.2 Å². The summed E-state index contributed by atoms with van der Waals surface area (Å²) in [6.07, 6.45) is 15.3. The molecule has 0 aromatic rings. The van der Waals surface area contributed by atoms with E-state index < -0.39 is 0 Å². The van der Waals surface area contributed by atoms with Gasteiger partial charge >= 0.3 is 0 Å². The van der Waals surface area contributed by atoms with Crippen LogP contribution < -0.4 is 5.32 Å². The zero-order valence-electron chi connectivity index (χ0n) is 11.1. The van der Waals surface area contributed by atoms with Crippen LogP contribution in [0.4, 0.5) is 0 Å². The van der Waals surface area contributed by atoms with Gasteiger partial charge in [-0.1, -0.05) is 19.3 Å². The maximum absolute atomic E-state index is 4.03. The maximum Gasteiger partial charge on any atom is 0.0189 e. The van der Waals surface area contributed by atoms with Gasteiger partial charge in [0, 0.05) is 5.54 Å². The summed E-state index contributed by atoms with van der Waals surface area (Å²) in [6.45, 7) is 1.32. The average molecular weight is 233 g/mol. The van der Waals surface area contributed by atoms with Gasteiger partial charge in [0.05, 0.1) is 0 Å². The topological polar surface area (TPSA) is 12.0 Å². The first kappa shape index (κ1) is 10.8. The predicted molar refractivity (Wildman–Crippen MR) is 70.9 cm³/mol. The predicted octanol–water partition coefficient (Wildman–Crippen LogP) is 3.74. The van der Waals surface area contributed by atoms with E-state index in [1.165, 1.54) is 51.5 Å². The molecule has 1 heteroatoms. The fourth-order valence-electron chi connectivity index (χ4n) is 5.65. The van der Waals surface area contributed by atoms with Gasteiger partial charge in [-0.25, -0.2) is 0 Å². The Kier molecular flexibility index (Phi) is 2.54. The van der Waals surface area contributed by atoms with Crippen LogP contribution in [0.15, 0.2) is 0 Å². The Hall–Kier alpha value is -0.0400. The molecule has 0 atom stereocenters. The fraction of sp³-hybridized carbons (Fsp3) is 1.00. The monoisotopic (exact) mass is 233 g/mol. The van der Waals surface area contributed by atoms with Crippen LogP contribution in [0, 0.1) is 23.7 Å². The van der Waals surface area contributed by atoms with Crippen molar-refractivity contribution < 1.29 is 0 Å². The molecule has 17 heavy (non-hydrogen) atoms. The van der Waals surface area contributed by atoms with Crippen LogP contribution in [-0.2, 0) is 0 Å². The Balaban J connectivity index is 1.35. The van der Waals surface area contributed by atoms with E-state index in [4.69, 9.17) is 0 Å². The molecule has 5 aliphatic carbocycles. The Labute approximate surface area is 106 Å². The highest BCUT2D eigenvalue weighted by molar-refractivity contribution is 5.06. The molecule has 0 aromatic heterocycles. The number of nitrogens with one attached hydrogen (secondary N) is 1. The summed E-state index contributed by atoms with van der Waals surface area (Å²) in [5.74, 6) is 4.36. The minimum atomic E-state index is 0.610. The minimum absolute atomic E-state index is 0.610. The molecule has 0 saturated heterocycles. The number of hydrogen-bond acceptors (Lipinski definition) is 1. The molecule has 5 saturated carbocycles. The second-order valence-electron chi connectivity index (χ2n) is 7.71. The van der Waals surface area contributed by atoms with Crippen LogP contribution >= 0.6 is 0 Å². The summed E-state index contributed by atoms with van der Waals surface area (Å²) in [6, 6.07) is 0. The lowest BCUT2D eigenvalue weighted by Crippen LogP contribution is -2.58. The van der Waals surface area contributed by atoms with Crippen LogP contribution in [0.3, 0.4) is 0 Å². The van der Waals surface area contributed by atoms with Gasteiger partial charge in [0.2, 0.25) is 0 Å². The zero-order chi connectivity index (χ0) is 11.3. The molecule has 1 N–H and O–H groups in total. The fourth-order valence-corrected chi connectivity index (χ4v) is 5.65. The highest BCUT2D eigenvalue weighted by Gasteiger charge is 2.50. The lowest BCUT2D eigenvalue weighted by Gasteiger charge is -2.57. The molecule has 0 aliphatic heterocycles. The molecule has 5 fully saturated rings. The van der Waals surface area contributed by atoms with Crippen molar-refractivity contribution in [1.82, 2.24) is 5.32 Å². The first-order valence-electron chi connectivity index (χ1n) is 8.06. The van der Waals surface area contributed by atoms with Gasteiger partial charge in [-0.2, -0.15) is 0 Å². The first-order chi connectivity index (χ1) is 8.31. The Morgan fingerprint density at radius 3 is 1.94 bits per heavy atom. The maximum atomic E-state index is 4.03. The van der Waals surface area contributed by atoms with Crippen LogP contribution in [0.2, 0.25) is 0 Å². The van der Waals surface area contributed by atoms with Crippen LogP contribution in [0.5, 0.6) is 0 Å². The second kappa shape index (κ2) is 3.98. The molecule has 1 nitrogen and oxygen atoms in total. The molecule has 4 bridgehead atoms. The summed E-state index contributed by atoms with van der Waals surface area (Å²) in [7, 11) is 0. The number of rotatable bonds is 4. The van der Waals surface area contributed by atoms with Crippen molar-refractivity contribution in [3.63, 3.8) is 0 Å². The molecule has 5 rings (SSSR count). The van der Waals surface area contributed by atoms with Gasteiger partial charge in [0.15, 0.2) is 0 Å². The third-order valence-electron chi connectivity index (χ3n) is 6.32. The SMILES string of the molecule is C1CC(CCNC23CC4CC(CC(C4)C2)C3)C1. The van der Waals surface area contributed by atoms with E-state index >= 15 is 0 Å². The molecular weight excluding hydrogens is 206 g/mol. The lowest BCUT2D eigenvalue weighted by atomic mass is 9.53. The van der Waals surface area contributed by atoms with Gasteiger partial charge in [-0.15, -0.1) is 0 Å². The van der Waals surface area contributed by atoms with Crippen LogP contribution in [-0.4, -0.2) is 12.1 Å². The summed E-state index contributed by atoms with van der Waals surface area (Å²) < 4.78 is 0. The highest BCUT2D eigenvalue weighted by atomic mass is 15.0. The molecule has 0 heterocycles. The summed E-state index contributed by atoms with van der Waals surface area (Å²) >= 11 is 0. The lowest BCUT2D eigenvalue weighted by molar-refractivity contribution is -0.0203. The Bertz CT molecular complexity index is 257. The smallest absolute Gasteiger partial charge is 0.0189 e. The van der Waals surface area contributed by atoms with E-state index in [1.54, 1.807) is 19.3 Å². The van der Waals surface area contributed by atoms with Gasteiger partial charge in [0.1, 0.15) is 0 Å². The second-order valence-corrected chi connectivity index (χ2v) is 7.71. The molecule has 0 spiro atoms. The average Bonchev–Trinajstić information content (AvgIpc) is 2.19. The van der Waals surface area contributed by atoms with Gasteiger partial charge in [-0.3, -0.25) is 0 Å². The van der Waals surface area contributed by atoms with Crippen molar-refractivity contribution in [3.8, 4) is 0 Å². The van der Waals surface area contributed by atoms with E-state index in [-0.39, 0.29) is 0 Å². The summed E-state index contributed by atoms with van der Waals surface area (Å²) in [5, 5.41) is 4.03.